The van der Waals surface area contributed by atoms with Gasteiger partial charge in [-0.2, -0.15) is 5.10 Å². The second-order valence-corrected chi connectivity index (χ2v) is 5.48. The number of anilines is 3. The van der Waals surface area contributed by atoms with Gasteiger partial charge in [-0.05, 0) is 39.0 Å². The maximum absolute atomic E-state index is 6.15. The minimum Gasteiger partial charge on any atom is -0.394 e. The Morgan fingerprint density at radius 2 is 2.00 bits per heavy atom. The van der Waals surface area contributed by atoms with E-state index in [0.29, 0.717) is 15.7 Å². The van der Waals surface area contributed by atoms with Crippen LogP contribution in [0, 0.1) is 6.92 Å². The van der Waals surface area contributed by atoms with Gasteiger partial charge in [0.15, 0.2) is 5.82 Å². The molecule has 3 N–H and O–H groups in total. The van der Waals surface area contributed by atoms with Gasteiger partial charge in [-0.3, -0.25) is 0 Å². The highest BCUT2D eigenvalue weighted by Gasteiger charge is 2.15. The summed E-state index contributed by atoms with van der Waals surface area (Å²) in [5.41, 5.74) is 8.22. The van der Waals surface area contributed by atoms with Crippen molar-refractivity contribution in [2.45, 2.75) is 26.8 Å². The Bertz CT molecular complexity index is 605. The van der Waals surface area contributed by atoms with E-state index in [2.05, 4.69) is 10.4 Å². The third kappa shape index (κ3) is 2.80. The second kappa shape index (κ2) is 5.31. The van der Waals surface area contributed by atoms with Crippen molar-refractivity contribution < 1.29 is 0 Å². The van der Waals surface area contributed by atoms with Gasteiger partial charge in [0.25, 0.3) is 0 Å². The Hall–Kier alpha value is -1.39. The summed E-state index contributed by atoms with van der Waals surface area (Å²) >= 11 is 12.0. The molecule has 0 amide bonds. The molecule has 1 aromatic carbocycles. The van der Waals surface area contributed by atoms with Crippen LogP contribution < -0.4 is 11.1 Å². The van der Waals surface area contributed by atoms with Crippen LogP contribution in [-0.2, 0) is 0 Å². The van der Waals surface area contributed by atoms with Crippen molar-refractivity contribution in [1.82, 2.24) is 9.78 Å². The summed E-state index contributed by atoms with van der Waals surface area (Å²) in [6, 6.07) is 5.47. The van der Waals surface area contributed by atoms with E-state index in [1.165, 1.54) is 0 Å². The molecule has 1 heterocycles. The number of aromatic nitrogens is 2. The van der Waals surface area contributed by atoms with Crippen LogP contribution in [-0.4, -0.2) is 9.78 Å². The molecule has 102 valence electrons. The van der Waals surface area contributed by atoms with Crippen LogP contribution in [0.3, 0.4) is 0 Å². The Labute approximate surface area is 122 Å². The third-order valence-electron chi connectivity index (χ3n) is 2.81. The van der Waals surface area contributed by atoms with Crippen LogP contribution in [0.15, 0.2) is 18.2 Å². The summed E-state index contributed by atoms with van der Waals surface area (Å²) in [5.74, 6) is 0.747. The van der Waals surface area contributed by atoms with Crippen LogP contribution in [0.25, 0.3) is 0 Å². The normalized spacial score (nSPS) is 11.1. The van der Waals surface area contributed by atoms with Crippen LogP contribution in [0.4, 0.5) is 17.2 Å². The molecule has 0 aliphatic heterocycles. The van der Waals surface area contributed by atoms with E-state index in [-0.39, 0.29) is 6.04 Å². The zero-order chi connectivity index (χ0) is 14.2. The smallest absolute Gasteiger partial charge is 0.152 e. The molecule has 0 aliphatic carbocycles. The molecular formula is C13H16Cl2N4. The summed E-state index contributed by atoms with van der Waals surface area (Å²) < 4.78 is 1.84. The molecule has 4 nitrogen and oxygen atoms in total. The molecule has 0 saturated carbocycles. The fraction of sp³-hybridized carbons (Fsp3) is 0.308. The Kier molecular flexibility index (Phi) is 3.92. The molecule has 0 atom stereocenters. The monoisotopic (exact) mass is 298 g/mol. The number of nitrogens with zero attached hydrogens (tertiary/aromatic N) is 2. The molecule has 0 aliphatic rings. The number of halogens is 2. The summed E-state index contributed by atoms with van der Waals surface area (Å²) in [4.78, 5) is 0. The molecule has 0 saturated heterocycles. The van der Waals surface area contributed by atoms with Gasteiger partial charge >= 0.3 is 0 Å². The highest BCUT2D eigenvalue weighted by Crippen LogP contribution is 2.32. The van der Waals surface area contributed by atoms with E-state index in [4.69, 9.17) is 28.9 Å². The Balaban J connectivity index is 2.43. The minimum absolute atomic E-state index is 0.199. The molecule has 2 rings (SSSR count). The third-order valence-corrected chi connectivity index (χ3v) is 3.35. The van der Waals surface area contributed by atoms with E-state index >= 15 is 0 Å². The fourth-order valence-electron chi connectivity index (χ4n) is 1.78. The zero-order valence-corrected chi connectivity index (χ0v) is 12.5. The first-order chi connectivity index (χ1) is 8.90. The van der Waals surface area contributed by atoms with E-state index < -0.39 is 0 Å². The molecule has 0 unspecified atom stereocenters. The average molecular weight is 299 g/mol. The first kappa shape index (κ1) is 14.0. The van der Waals surface area contributed by atoms with Crippen molar-refractivity contribution in [2.75, 3.05) is 11.1 Å². The summed E-state index contributed by atoms with van der Waals surface area (Å²) in [6.45, 7) is 5.96. The highest BCUT2D eigenvalue weighted by molar-refractivity contribution is 6.36. The van der Waals surface area contributed by atoms with Gasteiger partial charge in [0, 0.05) is 11.1 Å². The molecule has 6 heteroatoms. The summed E-state index contributed by atoms with van der Waals surface area (Å²) in [7, 11) is 0. The Morgan fingerprint density at radius 3 is 2.58 bits per heavy atom. The molecule has 19 heavy (non-hydrogen) atoms. The van der Waals surface area contributed by atoms with E-state index in [0.717, 1.165) is 17.2 Å². The lowest BCUT2D eigenvalue weighted by Gasteiger charge is -2.14. The largest absolute Gasteiger partial charge is 0.394 e. The van der Waals surface area contributed by atoms with Gasteiger partial charge in [-0.15, -0.1) is 0 Å². The lowest BCUT2D eigenvalue weighted by atomic mass is 10.3. The quantitative estimate of drug-likeness (QED) is 0.883. The van der Waals surface area contributed by atoms with E-state index in [1.807, 2.05) is 31.5 Å². The molecule has 0 bridgehead atoms. The number of benzene rings is 1. The fourth-order valence-corrected chi connectivity index (χ4v) is 2.23. The first-order valence-electron chi connectivity index (χ1n) is 5.96. The SMILES string of the molecule is Cc1nn(C(C)C)c(Nc2ccc(Cl)cc2Cl)c1N. The van der Waals surface area contributed by atoms with Crippen molar-refractivity contribution >= 4 is 40.4 Å². The number of hydrogen-bond acceptors (Lipinski definition) is 3. The molecule has 2 aromatic rings. The number of nitrogens with one attached hydrogen (secondary N) is 1. The minimum atomic E-state index is 0.199. The molecule has 0 fully saturated rings. The van der Waals surface area contributed by atoms with E-state index in [1.54, 1.807) is 12.1 Å². The van der Waals surface area contributed by atoms with Crippen molar-refractivity contribution in [2.24, 2.45) is 0 Å². The topological polar surface area (TPSA) is 55.9 Å². The van der Waals surface area contributed by atoms with Gasteiger partial charge < -0.3 is 11.1 Å². The maximum Gasteiger partial charge on any atom is 0.152 e. The van der Waals surface area contributed by atoms with Gasteiger partial charge in [0.05, 0.1) is 22.1 Å². The predicted molar refractivity (Wildman–Crippen MR) is 81.5 cm³/mol. The van der Waals surface area contributed by atoms with Crippen LogP contribution in [0.5, 0.6) is 0 Å². The number of aryl methyl sites for hydroxylation is 1. The van der Waals surface area contributed by atoms with Crippen molar-refractivity contribution in [1.29, 1.82) is 0 Å². The Morgan fingerprint density at radius 1 is 1.32 bits per heavy atom. The van der Waals surface area contributed by atoms with Crippen LogP contribution in [0.1, 0.15) is 25.6 Å². The van der Waals surface area contributed by atoms with Crippen LogP contribution >= 0.6 is 23.2 Å². The van der Waals surface area contributed by atoms with E-state index in [9.17, 15) is 0 Å². The number of rotatable bonds is 3. The molecular weight excluding hydrogens is 283 g/mol. The second-order valence-electron chi connectivity index (χ2n) is 4.64. The zero-order valence-electron chi connectivity index (χ0n) is 11.0. The summed E-state index contributed by atoms with van der Waals surface area (Å²) in [5, 5.41) is 8.77. The predicted octanol–water partition coefficient (Wildman–Crippen LogP) is 4.41. The molecule has 0 radical (unpaired) electrons. The average Bonchev–Trinajstić information content (AvgIpc) is 2.61. The maximum atomic E-state index is 6.15. The first-order valence-corrected chi connectivity index (χ1v) is 6.72. The number of nitrogen functional groups attached to an aromatic ring is 1. The number of nitrogens with two attached hydrogens (primary N) is 1. The van der Waals surface area contributed by atoms with Crippen molar-refractivity contribution in [3.63, 3.8) is 0 Å². The standard InChI is InChI=1S/C13H16Cl2N4/c1-7(2)19-13(12(16)8(3)18-19)17-11-5-4-9(14)6-10(11)15/h4-7,17H,16H2,1-3H3. The van der Waals surface area contributed by atoms with Crippen molar-refractivity contribution in [3.8, 4) is 0 Å². The lowest BCUT2D eigenvalue weighted by molar-refractivity contribution is 0.536. The van der Waals surface area contributed by atoms with Gasteiger partial charge in [-0.25, -0.2) is 4.68 Å². The van der Waals surface area contributed by atoms with Crippen LogP contribution in [0.2, 0.25) is 10.0 Å². The number of hydrogen-bond donors (Lipinski definition) is 2. The van der Waals surface area contributed by atoms with Gasteiger partial charge in [0.2, 0.25) is 0 Å². The summed E-state index contributed by atoms with van der Waals surface area (Å²) in [6.07, 6.45) is 0. The van der Waals surface area contributed by atoms with Gasteiger partial charge in [-0.1, -0.05) is 23.2 Å². The molecule has 0 spiro atoms. The van der Waals surface area contributed by atoms with Crippen molar-refractivity contribution in [3.05, 3.63) is 33.9 Å². The van der Waals surface area contributed by atoms with Gasteiger partial charge in [0.1, 0.15) is 0 Å². The molecule has 1 aromatic heterocycles. The lowest BCUT2D eigenvalue weighted by Crippen LogP contribution is -2.08. The highest BCUT2D eigenvalue weighted by atomic mass is 35.5.